The molecule has 198 valence electrons. The molecule has 1 aliphatic carbocycles. The summed E-state index contributed by atoms with van der Waals surface area (Å²) in [5, 5.41) is 3.80. The lowest BCUT2D eigenvalue weighted by atomic mass is 9.80. The van der Waals surface area contributed by atoms with Crippen molar-refractivity contribution in [2.45, 2.75) is 63.1 Å². The summed E-state index contributed by atoms with van der Waals surface area (Å²) in [5.41, 5.74) is 3.85. The number of aliphatic imine (C=N–C) groups is 1. The number of piperidine rings is 1. The van der Waals surface area contributed by atoms with Crippen LogP contribution in [0.3, 0.4) is 0 Å². The van der Waals surface area contributed by atoms with Crippen molar-refractivity contribution in [2.75, 3.05) is 13.1 Å². The summed E-state index contributed by atoms with van der Waals surface area (Å²) >= 11 is 1.87. The highest BCUT2D eigenvalue weighted by Gasteiger charge is 2.51. The van der Waals surface area contributed by atoms with Crippen molar-refractivity contribution in [1.29, 1.82) is 0 Å². The van der Waals surface area contributed by atoms with Crippen molar-refractivity contribution >= 4 is 33.2 Å². The topological polar surface area (TPSA) is 35.9 Å². The highest BCUT2D eigenvalue weighted by molar-refractivity contribution is 7.17. The molecular formula is C34H35N3OS. The van der Waals surface area contributed by atoms with Crippen molar-refractivity contribution in [2.24, 2.45) is 4.99 Å². The Kier molecular flexibility index (Phi) is 6.37. The number of benzene rings is 3. The van der Waals surface area contributed by atoms with E-state index in [1.165, 1.54) is 40.5 Å². The number of amides is 1. The van der Waals surface area contributed by atoms with Crippen molar-refractivity contribution in [3.05, 3.63) is 106 Å². The molecule has 3 aliphatic rings. The molecule has 0 spiro atoms. The van der Waals surface area contributed by atoms with Crippen LogP contribution in [0, 0.1) is 0 Å². The van der Waals surface area contributed by atoms with E-state index < -0.39 is 5.54 Å². The average molecular weight is 534 g/mol. The first-order chi connectivity index (χ1) is 19.1. The van der Waals surface area contributed by atoms with Gasteiger partial charge in [-0.3, -0.25) is 14.6 Å². The predicted octanol–water partition coefficient (Wildman–Crippen LogP) is 7.34. The van der Waals surface area contributed by atoms with Crippen LogP contribution in [0.5, 0.6) is 0 Å². The molecule has 2 aliphatic heterocycles. The van der Waals surface area contributed by atoms with E-state index in [0.29, 0.717) is 0 Å². The van der Waals surface area contributed by atoms with E-state index in [9.17, 15) is 4.79 Å². The van der Waals surface area contributed by atoms with Gasteiger partial charge in [-0.25, -0.2) is 4.99 Å². The maximum atomic E-state index is 14.3. The van der Waals surface area contributed by atoms with E-state index in [0.717, 1.165) is 55.4 Å². The standard InChI is InChI=1S/C34H35N3OS/c1-24-35-34(28-11-4-2-5-12-28,29-13-6-3-7-14-29)33(38)37(24)30-17-19-36(20-18-30)22-27-23-39-32-16-15-26(21-31(27)32)25-9-8-10-25/h2-7,11-16,21,23,25,30H,8-10,17-20,22H2,1H3. The average Bonchev–Trinajstić information content (AvgIpc) is 3.47. The molecule has 5 heteroatoms. The van der Waals surface area contributed by atoms with Crippen LogP contribution in [0.1, 0.15) is 67.2 Å². The number of carbonyl (C=O) groups is 1. The van der Waals surface area contributed by atoms with Crippen LogP contribution in [0.2, 0.25) is 0 Å². The van der Waals surface area contributed by atoms with Crippen LogP contribution >= 0.6 is 11.3 Å². The molecule has 3 heterocycles. The van der Waals surface area contributed by atoms with Gasteiger partial charge in [0.05, 0.1) is 0 Å². The molecule has 1 saturated carbocycles. The van der Waals surface area contributed by atoms with E-state index in [4.69, 9.17) is 4.99 Å². The zero-order valence-electron chi connectivity index (χ0n) is 22.6. The number of amidine groups is 1. The van der Waals surface area contributed by atoms with Crippen LogP contribution in [0.4, 0.5) is 0 Å². The molecule has 0 bridgehead atoms. The lowest BCUT2D eigenvalue weighted by Gasteiger charge is -2.38. The molecule has 1 aromatic heterocycles. The van der Waals surface area contributed by atoms with Crippen molar-refractivity contribution in [1.82, 2.24) is 9.80 Å². The van der Waals surface area contributed by atoms with Crippen LogP contribution in [-0.4, -0.2) is 40.7 Å². The van der Waals surface area contributed by atoms with Gasteiger partial charge in [0.25, 0.3) is 5.91 Å². The van der Waals surface area contributed by atoms with Gasteiger partial charge in [0.15, 0.2) is 5.54 Å². The number of rotatable bonds is 6. The Balaban J connectivity index is 1.09. The minimum absolute atomic E-state index is 0.0863. The Morgan fingerprint density at radius 1 is 0.897 bits per heavy atom. The first-order valence-electron chi connectivity index (χ1n) is 14.4. The molecule has 2 fully saturated rings. The molecule has 39 heavy (non-hydrogen) atoms. The van der Waals surface area contributed by atoms with Crippen LogP contribution in [0.25, 0.3) is 10.1 Å². The van der Waals surface area contributed by atoms with Gasteiger partial charge in [0.2, 0.25) is 0 Å². The van der Waals surface area contributed by atoms with Gasteiger partial charge in [0, 0.05) is 30.4 Å². The SMILES string of the molecule is CC1=NC(c2ccccc2)(c2ccccc2)C(=O)N1C1CCN(Cc2csc3ccc(C4CCC4)cc23)CC1. The largest absolute Gasteiger partial charge is 0.299 e. The monoisotopic (exact) mass is 533 g/mol. The van der Waals surface area contributed by atoms with E-state index in [1.54, 1.807) is 0 Å². The third kappa shape index (κ3) is 4.23. The highest BCUT2D eigenvalue weighted by atomic mass is 32.1. The maximum absolute atomic E-state index is 14.3. The van der Waals surface area contributed by atoms with Gasteiger partial charge >= 0.3 is 0 Å². The number of nitrogens with zero attached hydrogens (tertiary/aromatic N) is 3. The molecule has 7 rings (SSSR count). The quantitative estimate of drug-likeness (QED) is 0.260. The van der Waals surface area contributed by atoms with Crippen molar-refractivity contribution < 1.29 is 4.79 Å². The number of hydrogen-bond donors (Lipinski definition) is 0. The van der Waals surface area contributed by atoms with Gasteiger partial charge in [-0.15, -0.1) is 11.3 Å². The Hall–Kier alpha value is -3.28. The fourth-order valence-corrected chi connectivity index (χ4v) is 7.73. The van der Waals surface area contributed by atoms with Crippen LogP contribution in [0.15, 0.2) is 89.2 Å². The summed E-state index contributed by atoms with van der Waals surface area (Å²) in [5.74, 6) is 1.68. The van der Waals surface area contributed by atoms with Gasteiger partial charge in [-0.05, 0) is 83.7 Å². The summed E-state index contributed by atoms with van der Waals surface area (Å²) in [4.78, 5) is 24.1. The zero-order valence-corrected chi connectivity index (χ0v) is 23.4. The lowest BCUT2D eigenvalue weighted by molar-refractivity contribution is -0.132. The summed E-state index contributed by atoms with van der Waals surface area (Å²) in [6, 6.07) is 27.5. The Morgan fingerprint density at radius 2 is 1.56 bits per heavy atom. The maximum Gasteiger partial charge on any atom is 0.265 e. The molecule has 0 unspecified atom stereocenters. The molecule has 0 atom stereocenters. The summed E-state index contributed by atoms with van der Waals surface area (Å²) in [6.45, 7) is 4.98. The lowest BCUT2D eigenvalue weighted by Crippen LogP contribution is -2.50. The molecule has 3 aromatic carbocycles. The van der Waals surface area contributed by atoms with Gasteiger partial charge in [0.1, 0.15) is 5.84 Å². The molecule has 1 saturated heterocycles. The number of carbonyl (C=O) groups excluding carboxylic acids is 1. The smallest absolute Gasteiger partial charge is 0.265 e. The molecule has 0 N–H and O–H groups in total. The van der Waals surface area contributed by atoms with E-state index in [2.05, 4.69) is 28.5 Å². The Labute approximate surface area is 235 Å². The molecule has 4 aromatic rings. The second-order valence-corrected chi connectivity index (χ2v) is 12.3. The van der Waals surface area contributed by atoms with Gasteiger partial charge in [-0.1, -0.05) is 73.2 Å². The molecule has 1 amide bonds. The van der Waals surface area contributed by atoms with E-state index in [1.807, 2.05) is 83.8 Å². The zero-order chi connectivity index (χ0) is 26.4. The van der Waals surface area contributed by atoms with Gasteiger partial charge < -0.3 is 0 Å². The second-order valence-electron chi connectivity index (χ2n) is 11.4. The summed E-state index contributed by atoms with van der Waals surface area (Å²) < 4.78 is 1.40. The highest BCUT2D eigenvalue weighted by Crippen LogP contribution is 2.42. The van der Waals surface area contributed by atoms with E-state index in [-0.39, 0.29) is 11.9 Å². The third-order valence-electron chi connectivity index (χ3n) is 9.16. The first kappa shape index (κ1) is 24.7. The number of fused-ring (bicyclic) bond motifs is 1. The normalized spacial score (nSPS) is 20.4. The third-order valence-corrected chi connectivity index (χ3v) is 10.2. The Bertz CT molecular complexity index is 1470. The molecule has 4 nitrogen and oxygen atoms in total. The number of thiophene rings is 1. The predicted molar refractivity (Wildman–Crippen MR) is 160 cm³/mol. The summed E-state index contributed by atoms with van der Waals surface area (Å²) in [7, 11) is 0. The van der Waals surface area contributed by atoms with Crippen LogP contribution < -0.4 is 0 Å². The fourth-order valence-electron chi connectivity index (χ4n) is 6.79. The summed E-state index contributed by atoms with van der Waals surface area (Å²) in [6.07, 6.45) is 5.98. The first-order valence-corrected chi connectivity index (χ1v) is 15.2. The number of hydrogen-bond acceptors (Lipinski definition) is 4. The second kappa shape index (κ2) is 10.0. The minimum Gasteiger partial charge on any atom is -0.299 e. The van der Waals surface area contributed by atoms with Crippen molar-refractivity contribution in [3.63, 3.8) is 0 Å². The van der Waals surface area contributed by atoms with Crippen molar-refractivity contribution in [3.8, 4) is 0 Å². The van der Waals surface area contributed by atoms with Gasteiger partial charge in [-0.2, -0.15) is 0 Å². The fraction of sp³-hybridized carbons (Fsp3) is 0.353. The van der Waals surface area contributed by atoms with Crippen LogP contribution in [-0.2, 0) is 16.9 Å². The molecular weight excluding hydrogens is 498 g/mol. The number of likely N-dealkylation sites (tertiary alicyclic amines) is 1. The molecule has 0 radical (unpaired) electrons. The Morgan fingerprint density at radius 3 is 2.18 bits per heavy atom. The van der Waals surface area contributed by atoms with E-state index >= 15 is 0 Å². The minimum atomic E-state index is -1.00.